The molecule has 4 rings (SSSR count). The standard InChI is InChI=1S/C19H19FN4OS/c1-10-22-18(15-13-4-2-3-5-14(13)26-19(15)23-10)24-16(17(21)25)11-6-8-12(20)9-7-11/h6-9,16H,2-5H2,1H3,(H2,21,25)(H,22,23,24). The Labute approximate surface area is 154 Å². The van der Waals surface area contributed by atoms with E-state index in [1.807, 2.05) is 6.92 Å². The van der Waals surface area contributed by atoms with Crippen LogP contribution in [0, 0.1) is 12.7 Å². The predicted molar refractivity (Wildman–Crippen MR) is 101 cm³/mol. The number of nitrogens with two attached hydrogens (primary N) is 1. The zero-order valence-corrected chi connectivity index (χ0v) is 15.2. The Bertz CT molecular complexity index is 983. The maximum atomic E-state index is 13.2. The van der Waals surface area contributed by atoms with E-state index >= 15 is 0 Å². The number of hydrogen-bond donors (Lipinski definition) is 2. The topological polar surface area (TPSA) is 80.9 Å². The van der Waals surface area contributed by atoms with Gasteiger partial charge >= 0.3 is 0 Å². The first-order valence-corrected chi connectivity index (χ1v) is 9.45. The van der Waals surface area contributed by atoms with E-state index < -0.39 is 11.9 Å². The van der Waals surface area contributed by atoms with E-state index in [0.29, 0.717) is 17.2 Å². The third-order valence-electron chi connectivity index (χ3n) is 4.70. The van der Waals surface area contributed by atoms with Crippen LogP contribution in [0.25, 0.3) is 10.2 Å². The van der Waals surface area contributed by atoms with Gasteiger partial charge in [-0.25, -0.2) is 14.4 Å². The zero-order chi connectivity index (χ0) is 18.3. The minimum Gasteiger partial charge on any atom is -0.368 e. The van der Waals surface area contributed by atoms with Crippen LogP contribution < -0.4 is 11.1 Å². The van der Waals surface area contributed by atoms with Crippen LogP contribution in [0.4, 0.5) is 10.2 Å². The number of carbonyl (C=O) groups excluding carboxylic acids is 1. The molecule has 0 fully saturated rings. The van der Waals surface area contributed by atoms with Crippen LogP contribution in [-0.2, 0) is 17.6 Å². The molecule has 0 saturated carbocycles. The van der Waals surface area contributed by atoms with E-state index in [1.165, 1.54) is 29.0 Å². The number of rotatable bonds is 4. The van der Waals surface area contributed by atoms with Crippen molar-refractivity contribution in [3.63, 3.8) is 0 Å². The van der Waals surface area contributed by atoms with Crippen molar-refractivity contribution in [1.82, 2.24) is 9.97 Å². The minimum absolute atomic E-state index is 0.357. The highest BCUT2D eigenvalue weighted by atomic mass is 32.1. The third kappa shape index (κ3) is 3.03. The normalized spacial score (nSPS) is 14.8. The zero-order valence-electron chi connectivity index (χ0n) is 14.4. The smallest absolute Gasteiger partial charge is 0.244 e. The average Bonchev–Trinajstić information content (AvgIpc) is 2.98. The van der Waals surface area contributed by atoms with Crippen molar-refractivity contribution in [3.8, 4) is 0 Å². The highest BCUT2D eigenvalue weighted by molar-refractivity contribution is 7.19. The summed E-state index contributed by atoms with van der Waals surface area (Å²) < 4.78 is 13.2. The van der Waals surface area contributed by atoms with Crippen molar-refractivity contribution in [2.75, 3.05) is 5.32 Å². The van der Waals surface area contributed by atoms with Crippen LogP contribution in [0.1, 0.15) is 40.7 Å². The molecule has 3 N–H and O–H groups in total. The van der Waals surface area contributed by atoms with E-state index in [1.54, 1.807) is 23.5 Å². The quantitative estimate of drug-likeness (QED) is 0.734. The number of aromatic nitrogens is 2. The first-order chi connectivity index (χ1) is 12.5. The van der Waals surface area contributed by atoms with E-state index in [2.05, 4.69) is 15.3 Å². The lowest BCUT2D eigenvalue weighted by atomic mass is 9.97. The van der Waals surface area contributed by atoms with Crippen LogP contribution >= 0.6 is 11.3 Å². The fourth-order valence-electron chi connectivity index (χ4n) is 3.48. The van der Waals surface area contributed by atoms with Gasteiger partial charge in [0.2, 0.25) is 5.91 Å². The van der Waals surface area contributed by atoms with Crippen molar-refractivity contribution in [3.05, 3.63) is 51.9 Å². The van der Waals surface area contributed by atoms with Crippen molar-refractivity contribution in [2.45, 2.75) is 38.6 Å². The SMILES string of the molecule is Cc1nc(NC(C(N)=O)c2ccc(F)cc2)c2c3c(sc2n1)CCCC3. The lowest BCUT2D eigenvalue weighted by molar-refractivity contribution is -0.118. The van der Waals surface area contributed by atoms with Crippen molar-refractivity contribution < 1.29 is 9.18 Å². The molecule has 5 nitrogen and oxygen atoms in total. The van der Waals surface area contributed by atoms with Gasteiger partial charge in [-0.15, -0.1) is 11.3 Å². The first-order valence-electron chi connectivity index (χ1n) is 8.63. The Morgan fingerprint density at radius 2 is 1.96 bits per heavy atom. The summed E-state index contributed by atoms with van der Waals surface area (Å²) in [7, 11) is 0. The van der Waals surface area contributed by atoms with Gasteiger partial charge in [-0.05, 0) is 55.9 Å². The second-order valence-corrected chi connectivity index (χ2v) is 7.63. The fraction of sp³-hybridized carbons (Fsp3) is 0.316. The monoisotopic (exact) mass is 370 g/mol. The molecule has 0 spiro atoms. The summed E-state index contributed by atoms with van der Waals surface area (Å²) >= 11 is 1.70. The Kier molecular flexibility index (Phi) is 4.32. The average molecular weight is 370 g/mol. The Hall–Kier alpha value is -2.54. The Morgan fingerprint density at radius 1 is 1.23 bits per heavy atom. The van der Waals surface area contributed by atoms with E-state index in [-0.39, 0.29) is 5.82 Å². The molecule has 1 unspecified atom stereocenters. The highest BCUT2D eigenvalue weighted by Crippen LogP contribution is 2.39. The van der Waals surface area contributed by atoms with E-state index in [0.717, 1.165) is 29.5 Å². The molecule has 1 amide bonds. The molecular formula is C19H19FN4OS. The number of hydrogen-bond acceptors (Lipinski definition) is 5. The van der Waals surface area contributed by atoms with Crippen LogP contribution in [0.3, 0.4) is 0 Å². The number of primary amides is 1. The maximum Gasteiger partial charge on any atom is 0.244 e. The van der Waals surface area contributed by atoms with Crippen molar-refractivity contribution in [2.24, 2.45) is 5.73 Å². The lowest BCUT2D eigenvalue weighted by Gasteiger charge is -2.18. The van der Waals surface area contributed by atoms with Crippen LogP contribution in [0.5, 0.6) is 0 Å². The Balaban J connectivity index is 1.81. The molecule has 26 heavy (non-hydrogen) atoms. The van der Waals surface area contributed by atoms with Crippen molar-refractivity contribution in [1.29, 1.82) is 0 Å². The number of halogens is 1. The van der Waals surface area contributed by atoms with Crippen LogP contribution in [-0.4, -0.2) is 15.9 Å². The van der Waals surface area contributed by atoms with Gasteiger partial charge in [0.25, 0.3) is 0 Å². The first kappa shape index (κ1) is 16.9. The molecule has 134 valence electrons. The lowest BCUT2D eigenvalue weighted by Crippen LogP contribution is -2.28. The number of anilines is 1. The third-order valence-corrected chi connectivity index (χ3v) is 5.88. The summed E-state index contributed by atoms with van der Waals surface area (Å²) in [5.41, 5.74) is 7.50. The molecule has 1 atom stereocenters. The number of carbonyl (C=O) groups is 1. The van der Waals surface area contributed by atoms with Crippen molar-refractivity contribution >= 4 is 33.3 Å². The summed E-state index contributed by atoms with van der Waals surface area (Å²) in [6.45, 7) is 1.83. The molecule has 0 radical (unpaired) electrons. The number of aryl methyl sites for hydroxylation is 3. The van der Waals surface area contributed by atoms with E-state index in [4.69, 9.17) is 5.73 Å². The molecule has 0 saturated heterocycles. The Morgan fingerprint density at radius 3 is 2.69 bits per heavy atom. The van der Waals surface area contributed by atoms with Crippen LogP contribution in [0.2, 0.25) is 0 Å². The number of fused-ring (bicyclic) bond motifs is 3. The maximum absolute atomic E-state index is 13.2. The predicted octanol–water partition coefficient (Wildman–Crippen LogP) is 3.66. The van der Waals surface area contributed by atoms with Gasteiger partial charge in [-0.1, -0.05) is 12.1 Å². The number of thiophene rings is 1. The minimum atomic E-state index is -0.785. The van der Waals surface area contributed by atoms with Gasteiger partial charge in [0, 0.05) is 4.88 Å². The van der Waals surface area contributed by atoms with Gasteiger partial charge in [0.1, 0.15) is 28.3 Å². The van der Waals surface area contributed by atoms with E-state index in [9.17, 15) is 9.18 Å². The van der Waals surface area contributed by atoms with Gasteiger partial charge in [-0.3, -0.25) is 4.79 Å². The second kappa shape index (κ2) is 6.64. The van der Waals surface area contributed by atoms with Gasteiger partial charge in [0.05, 0.1) is 5.39 Å². The molecule has 1 aliphatic carbocycles. The molecule has 7 heteroatoms. The number of nitrogens with one attached hydrogen (secondary N) is 1. The summed E-state index contributed by atoms with van der Waals surface area (Å²) in [5.74, 6) is 0.371. The largest absolute Gasteiger partial charge is 0.368 e. The molecule has 2 heterocycles. The molecule has 2 aromatic heterocycles. The molecular weight excluding hydrogens is 351 g/mol. The summed E-state index contributed by atoms with van der Waals surface area (Å²) in [5, 5.41) is 4.18. The fourth-order valence-corrected chi connectivity index (χ4v) is 4.79. The number of amides is 1. The van der Waals surface area contributed by atoms with Gasteiger partial charge in [-0.2, -0.15) is 0 Å². The van der Waals surface area contributed by atoms with Crippen LogP contribution in [0.15, 0.2) is 24.3 Å². The molecule has 0 bridgehead atoms. The highest BCUT2D eigenvalue weighted by Gasteiger charge is 2.24. The van der Waals surface area contributed by atoms with Gasteiger partial charge in [0.15, 0.2) is 0 Å². The molecule has 0 aliphatic heterocycles. The second-order valence-electron chi connectivity index (χ2n) is 6.54. The van der Waals surface area contributed by atoms with Gasteiger partial charge < -0.3 is 11.1 Å². The summed E-state index contributed by atoms with van der Waals surface area (Å²) in [4.78, 5) is 23.5. The number of benzene rings is 1. The molecule has 1 aromatic carbocycles. The molecule has 3 aromatic rings. The molecule has 1 aliphatic rings. The summed E-state index contributed by atoms with van der Waals surface area (Å²) in [6, 6.07) is 4.98. The number of nitrogens with zero attached hydrogens (tertiary/aromatic N) is 2. The summed E-state index contributed by atoms with van der Waals surface area (Å²) in [6.07, 6.45) is 4.39.